The largest absolute Gasteiger partial charge is 0.457 e. The summed E-state index contributed by atoms with van der Waals surface area (Å²) in [5.74, 6) is 1.82. The third-order valence-corrected chi connectivity index (χ3v) is 4.77. The molecule has 5 nitrogen and oxygen atoms in total. The highest BCUT2D eigenvalue weighted by molar-refractivity contribution is 14.0. The lowest BCUT2D eigenvalue weighted by Gasteiger charge is -2.27. The number of hydrogen-bond donors (Lipinski definition) is 3. The Labute approximate surface area is 188 Å². The average Bonchev–Trinajstić information content (AvgIpc) is 2.71. The van der Waals surface area contributed by atoms with E-state index in [0.717, 1.165) is 43.8 Å². The first-order valence-corrected chi connectivity index (χ1v) is 9.87. The van der Waals surface area contributed by atoms with Crippen molar-refractivity contribution in [2.45, 2.75) is 51.3 Å². The maximum atomic E-state index is 13.0. The van der Waals surface area contributed by atoms with Crippen LogP contribution in [0.15, 0.2) is 53.5 Å². The molecule has 0 unspecified atom stereocenters. The summed E-state index contributed by atoms with van der Waals surface area (Å²) >= 11 is 0. The average molecular weight is 513 g/mol. The molecule has 7 heteroatoms. The van der Waals surface area contributed by atoms with Gasteiger partial charge in [-0.3, -0.25) is 0 Å². The Hall–Kier alpha value is -1.87. The predicted octanol–water partition coefficient (Wildman–Crippen LogP) is 4.59. The minimum absolute atomic E-state index is 0. The molecule has 0 radical (unpaired) electrons. The van der Waals surface area contributed by atoms with Crippen molar-refractivity contribution in [1.29, 1.82) is 0 Å². The van der Waals surface area contributed by atoms with Gasteiger partial charge in [0.15, 0.2) is 5.96 Å². The van der Waals surface area contributed by atoms with E-state index < -0.39 is 0 Å². The minimum Gasteiger partial charge on any atom is -0.457 e. The molecule has 3 N–H and O–H groups in total. The smallest absolute Gasteiger partial charge is 0.191 e. The molecule has 1 aliphatic rings. The van der Waals surface area contributed by atoms with E-state index in [1.807, 2.05) is 31.2 Å². The van der Waals surface area contributed by atoms with Gasteiger partial charge in [0.25, 0.3) is 0 Å². The zero-order valence-electron chi connectivity index (χ0n) is 16.6. The van der Waals surface area contributed by atoms with Crippen molar-refractivity contribution in [3.05, 3.63) is 59.9 Å². The van der Waals surface area contributed by atoms with Crippen LogP contribution in [-0.4, -0.2) is 29.8 Å². The summed E-state index contributed by atoms with van der Waals surface area (Å²) in [6.07, 6.45) is 3.44. The number of hydrogen-bond acceptors (Lipinski definition) is 3. The first kappa shape index (κ1) is 23.4. The Balaban J connectivity index is 0.00000300. The molecule has 0 amide bonds. The molecule has 1 aliphatic carbocycles. The summed E-state index contributed by atoms with van der Waals surface area (Å²) in [5, 5.41) is 16.4. The first-order chi connectivity index (χ1) is 13.6. The van der Waals surface area contributed by atoms with Crippen molar-refractivity contribution in [3.8, 4) is 11.5 Å². The van der Waals surface area contributed by atoms with Gasteiger partial charge in [-0.25, -0.2) is 9.38 Å². The topological polar surface area (TPSA) is 65.9 Å². The van der Waals surface area contributed by atoms with Gasteiger partial charge in [-0.05, 0) is 74.6 Å². The molecule has 2 aromatic carbocycles. The number of nitrogens with one attached hydrogen (secondary N) is 2. The molecule has 3 rings (SSSR count). The summed E-state index contributed by atoms with van der Waals surface area (Å²) < 4.78 is 18.7. The molecular weight excluding hydrogens is 484 g/mol. The fraction of sp³-hybridized carbons (Fsp3) is 0.409. The van der Waals surface area contributed by atoms with E-state index >= 15 is 0 Å². The Bertz CT molecular complexity index is 761. The maximum Gasteiger partial charge on any atom is 0.191 e. The van der Waals surface area contributed by atoms with Crippen LogP contribution in [0.25, 0.3) is 0 Å². The van der Waals surface area contributed by atoms with E-state index in [9.17, 15) is 9.50 Å². The zero-order valence-corrected chi connectivity index (χ0v) is 18.9. The van der Waals surface area contributed by atoms with Gasteiger partial charge < -0.3 is 20.5 Å². The molecule has 0 saturated heterocycles. The van der Waals surface area contributed by atoms with Crippen molar-refractivity contribution < 1.29 is 14.2 Å². The van der Waals surface area contributed by atoms with Gasteiger partial charge in [-0.15, -0.1) is 24.0 Å². The molecule has 0 aliphatic heterocycles. The van der Waals surface area contributed by atoms with E-state index in [-0.39, 0.29) is 35.9 Å². The third kappa shape index (κ3) is 7.81. The van der Waals surface area contributed by atoms with E-state index in [2.05, 4.69) is 15.6 Å². The summed E-state index contributed by atoms with van der Waals surface area (Å²) in [7, 11) is 0. The normalized spacial score (nSPS) is 19.2. The molecule has 0 heterocycles. The predicted molar refractivity (Wildman–Crippen MR) is 125 cm³/mol. The van der Waals surface area contributed by atoms with Crippen LogP contribution in [0.2, 0.25) is 0 Å². The van der Waals surface area contributed by atoms with Crippen LogP contribution in [0, 0.1) is 5.82 Å². The molecule has 158 valence electrons. The van der Waals surface area contributed by atoms with Crippen molar-refractivity contribution in [3.63, 3.8) is 0 Å². The number of guanidine groups is 1. The fourth-order valence-corrected chi connectivity index (χ4v) is 3.21. The van der Waals surface area contributed by atoms with Gasteiger partial charge in [0.1, 0.15) is 17.3 Å². The van der Waals surface area contributed by atoms with Crippen LogP contribution in [0.4, 0.5) is 4.39 Å². The number of aliphatic hydroxyl groups excluding tert-OH is 1. The molecule has 0 atom stereocenters. The lowest BCUT2D eigenvalue weighted by molar-refractivity contribution is 0.120. The molecule has 0 bridgehead atoms. The quantitative estimate of drug-likeness (QED) is 0.300. The number of ether oxygens (including phenoxy) is 1. The molecular formula is C22H29FIN3O2. The number of benzene rings is 2. The molecule has 2 aromatic rings. The Morgan fingerprint density at radius 1 is 1.03 bits per heavy atom. The van der Waals surface area contributed by atoms with Crippen molar-refractivity contribution >= 4 is 29.9 Å². The van der Waals surface area contributed by atoms with Crippen LogP contribution in [0.5, 0.6) is 11.5 Å². The first-order valence-electron chi connectivity index (χ1n) is 9.87. The standard InChI is InChI=1S/C22H28FN3O2.HI/c1-2-24-22(26-18-7-9-19(27)10-8-18)25-15-16-3-11-20(12-4-16)28-21-13-5-17(23)6-14-21;/h3-6,11-14,18-19,27H,2,7-10,15H2,1H3,(H2,24,25,26);1H. The lowest BCUT2D eigenvalue weighted by Crippen LogP contribution is -2.45. The summed E-state index contributed by atoms with van der Waals surface area (Å²) in [6, 6.07) is 14.0. The Morgan fingerprint density at radius 3 is 2.21 bits per heavy atom. The maximum absolute atomic E-state index is 13.0. The van der Waals surface area contributed by atoms with Crippen LogP contribution >= 0.6 is 24.0 Å². The Morgan fingerprint density at radius 2 is 1.62 bits per heavy atom. The summed E-state index contributed by atoms with van der Waals surface area (Å²) in [6.45, 7) is 3.40. The van der Waals surface area contributed by atoms with Crippen LogP contribution in [0.1, 0.15) is 38.2 Å². The highest BCUT2D eigenvalue weighted by Crippen LogP contribution is 2.22. The van der Waals surface area contributed by atoms with E-state index in [4.69, 9.17) is 4.74 Å². The monoisotopic (exact) mass is 513 g/mol. The molecule has 0 aromatic heterocycles. The number of halogens is 2. The Kier molecular flexibility index (Phi) is 9.66. The van der Waals surface area contributed by atoms with Gasteiger partial charge in [0, 0.05) is 12.6 Å². The van der Waals surface area contributed by atoms with Crippen LogP contribution in [-0.2, 0) is 6.54 Å². The second-order valence-electron chi connectivity index (χ2n) is 7.04. The molecule has 29 heavy (non-hydrogen) atoms. The van der Waals surface area contributed by atoms with Crippen molar-refractivity contribution in [2.75, 3.05) is 6.54 Å². The van der Waals surface area contributed by atoms with E-state index in [0.29, 0.717) is 24.1 Å². The SMILES string of the molecule is CCNC(=NCc1ccc(Oc2ccc(F)cc2)cc1)NC1CCC(O)CC1.I. The van der Waals surface area contributed by atoms with Gasteiger partial charge >= 0.3 is 0 Å². The lowest BCUT2D eigenvalue weighted by atomic mass is 9.93. The van der Waals surface area contributed by atoms with E-state index in [1.54, 1.807) is 12.1 Å². The van der Waals surface area contributed by atoms with Crippen molar-refractivity contribution in [1.82, 2.24) is 10.6 Å². The van der Waals surface area contributed by atoms with Crippen LogP contribution in [0.3, 0.4) is 0 Å². The second-order valence-corrected chi connectivity index (χ2v) is 7.04. The highest BCUT2D eigenvalue weighted by atomic mass is 127. The summed E-state index contributed by atoms with van der Waals surface area (Å²) in [5.41, 5.74) is 1.07. The van der Waals surface area contributed by atoms with Gasteiger partial charge in [-0.1, -0.05) is 12.1 Å². The minimum atomic E-state index is -0.282. The third-order valence-electron chi connectivity index (χ3n) is 4.77. The highest BCUT2D eigenvalue weighted by Gasteiger charge is 2.19. The molecule has 1 saturated carbocycles. The number of rotatable bonds is 6. The van der Waals surface area contributed by atoms with Gasteiger partial charge in [0.2, 0.25) is 0 Å². The fourth-order valence-electron chi connectivity index (χ4n) is 3.21. The summed E-state index contributed by atoms with van der Waals surface area (Å²) in [4.78, 5) is 4.67. The molecule has 1 fully saturated rings. The van der Waals surface area contributed by atoms with Crippen molar-refractivity contribution in [2.24, 2.45) is 4.99 Å². The van der Waals surface area contributed by atoms with Gasteiger partial charge in [0.05, 0.1) is 12.6 Å². The zero-order chi connectivity index (χ0) is 19.8. The number of aliphatic imine (C=N–C) groups is 1. The number of aliphatic hydroxyl groups is 1. The van der Waals surface area contributed by atoms with Crippen LogP contribution < -0.4 is 15.4 Å². The van der Waals surface area contributed by atoms with E-state index in [1.165, 1.54) is 12.1 Å². The number of nitrogens with zero attached hydrogens (tertiary/aromatic N) is 1. The van der Waals surface area contributed by atoms with Gasteiger partial charge in [-0.2, -0.15) is 0 Å². The molecule has 0 spiro atoms. The second kappa shape index (κ2) is 12.0.